The zero-order chi connectivity index (χ0) is 26.4. The quantitative estimate of drug-likeness (QED) is 0.158. The number of piperidine rings is 1. The zero-order valence-corrected chi connectivity index (χ0v) is 21.7. The molecule has 1 fully saturated rings. The summed E-state index contributed by atoms with van der Waals surface area (Å²) in [6.07, 6.45) is 4.14. The lowest BCUT2D eigenvalue weighted by Gasteiger charge is -2.31. The molecule has 2 atom stereocenters. The van der Waals surface area contributed by atoms with E-state index in [4.69, 9.17) is 30.5 Å². The molecule has 0 aromatic heterocycles. The number of rotatable bonds is 11. The average Bonchev–Trinajstić information content (AvgIpc) is 2.91. The Morgan fingerprint density at radius 1 is 1.11 bits per heavy atom. The topological polar surface area (TPSA) is 142 Å². The molecule has 9 nitrogen and oxygen atoms in total. The fourth-order valence-electron chi connectivity index (χ4n) is 4.41. The monoisotopic (exact) mass is 524 g/mol. The number of benzene rings is 3. The summed E-state index contributed by atoms with van der Waals surface area (Å²) in [5.74, 6) is -0.203. The highest BCUT2D eigenvalue weighted by molar-refractivity contribution is 7.53. The van der Waals surface area contributed by atoms with Gasteiger partial charge in [-0.2, -0.15) is 0 Å². The Labute approximate surface area is 216 Å². The molecule has 1 heterocycles. The van der Waals surface area contributed by atoms with Gasteiger partial charge in [0.05, 0.1) is 0 Å². The minimum Gasteiger partial charge on any atom is -0.490 e. The Hall–Kier alpha value is -3.23. The lowest BCUT2D eigenvalue weighted by molar-refractivity contribution is 0.102. The van der Waals surface area contributed by atoms with Crippen LogP contribution >= 0.6 is 7.60 Å². The first-order chi connectivity index (χ1) is 17.8. The Balaban J connectivity index is 1.48. The van der Waals surface area contributed by atoms with E-state index < -0.39 is 13.4 Å². The predicted octanol–water partition coefficient (Wildman–Crippen LogP) is 4.92. The van der Waals surface area contributed by atoms with Crippen molar-refractivity contribution in [2.24, 2.45) is 5.73 Å². The molecular formula is C27H33N4O5P. The van der Waals surface area contributed by atoms with Gasteiger partial charge in [0.25, 0.3) is 0 Å². The van der Waals surface area contributed by atoms with Gasteiger partial charge in [0.1, 0.15) is 23.4 Å². The van der Waals surface area contributed by atoms with Crippen LogP contribution in [0.3, 0.4) is 0 Å². The predicted molar refractivity (Wildman–Crippen MR) is 145 cm³/mol. The van der Waals surface area contributed by atoms with Crippen LogP contribution in [-0.2, 0) is 9.09 Å². The van der Waals surface area contributed by atoms with Crippen LogP contribution < -0.4 is 15.2 Å². The SMILES string of the molecule is COP(=O)(O)C(Oc1ccc2ccc(C(=N)N)cc2c1)c1ccc(OC2CCN(CCC=N)CC2)cc1. The first kappa shape index (κ1) is 26.8. The van der Waals surface area contributed by atoms with Crippen LogP contribution in [0.5, 0.6) is 11.5 Å². The summed E-state index contributed by atoms with van der Waals surface area (Å²) in [7, 11) is -2.98. The van der Waals surface area contributed by atoms with Crippen molar-refractivity contribution in [3.63, 3.8) is 0 Å². The normalized spacial score (nSPS) is 17.1. The van der Waals surface area contributed by atoms with Crippen molar-refractivity contribution in [2.75, 3.05) is 26.7 Å². The van der Waals surface area contributed by atoms with Crippen LogP contribution in [0.1, 0.15) is 36.2 Å². The van der Waals surface area contributed by atoms with Crippen molar-refractivity contribution in [3.8, 4) is 11.5 Å². The minimum absolute atomic E-state index is 0.0407. The third-order valence-electron chi connectivity index (χ3n) is 6.52. The van der Waals surface area contributed by atoms with Gasteiger partial charge in [-0.1, -0.05) is 30.3 Å². The highest BCUT2D eigenvalue weighted by Gasteiger charge is 2.35. The average molecular weight is 525 g/mol. The third kappa shape index (κ3) is 6.76. The third-order valence-corrected chi connectivity index (χ3v) is 8.04. The van der Waals surface area contributed by atoms with Crippen molar-refractivity contribution in [1.29, 1.82) is 10.8 Å². The second kappa shape index (κ2) is 11.9. The smallest absolute Gasteiger partial charge is 0.372 e. The van der Waals surface area contributed by atoms with Gasteiger partial charge < -0.3 is 34.9 Å². The lowest BCUT2D eigenvalue weighted by Crippen LogP contribution is -2.38. The molecule has 3 aromatic carbocycles. The molecule has 1 aliphatic heterocycles. The number of fused-ring (bicyclic) bond motifs is 1. The van der Waals surface area contributed by atoms with Crippen LogP contribution in [0.4, 0.5) is 0 Å². The van der Waals surface area contributed by atoms with E-state index in [0.29, 0.717) is 22.6 Å². The van der Waals surface area contributed by atoms with Crippen molar-refractivity contribution in [3.05, 3.63) is 71.8 Å². The Morgan fingerprint density at radius 2 is 1.78 bits per heavy atom. The lowest BCUT2D eigenvalue weighted by atomic mass is 10.1. The maximum absolute atomic E-state index is 12.9. The van der Waals surface area contributed by atoms with Gasteiger partial charge in [0.15, 0.2) is 0 Å². The molecule has 1 saturated heterocycles. The number of nitrogen functional groups attached to an aromatic ring is 1. The molecule has 10 heteroatoms. The maximum atomic E-state index is 12.9. The number of hydrogen-bond acceptors (Lipinski definition) is 7. The van der Waals surface area contributed by atoms with Crippen LogP contribution in [0.25, 0.3) is 10.8 Å². The molecule has 0 amide bonds. The summed E-state index contributed by atoms with van der Waals surface area (Å²) in [6.45, 7) is 2.78. The summed E-state index contributed by atoms with van der Waals surface area (Å²) >= 11 is 0. The number of nitrogens with two attached hydrogens (primary N) is 1. The molecule has 0 bridgehead atoms. The number of amidine groups is 1. The number of ether oxygens (including phenoxy) is 2. The van der Waals surface area contributed by atoms with Crippen molar-refractivity contribution < 1.29 is 23.5 Å². The molecule has 196 valence electrons. The molecule has 3 aromatic rings. The standard InChI is InChI=1S/C27H33N4O5P/c1-34-37(32,33)27(36-25-10-5-19-3-4-21(26(29)30)17-22(19)18-25)20-6-8-23(9-7-20)35-24-11-15-31(16-12-24)14-2-13-28/h3-10,13,17-18,24,27-28H,2,11-12,14-16H2,1H3,(H3,29,30)(H,32,33). The second-order valence-corrected chi connectivity index (χ2v) is 11.0. The van der Waals surface area contributed by atoms with Gasteiger partial charge >= 0.3 is 7.60 Å². The second-order valence-electron chi connectivity index (χ2n) is 9.08. The number of nitrogens with zero attached hydrogens (tertiary/aromatic N) is 1. The highest BCUT2D eigenvalue weighted by atomic mass is 31.2. The van der Waals surface area contributed by atoms with E-state index in [-0.39, 0.29) is 11.9 Å². The van der Waals surface area contributed by atoms with E-state index >= 15 is 0 Å². The largest absolute Gasteiger partial charge is 0.490 e. The van der Waals surface area contributed by atoms with Gasteiger partial charge in [-0.05, 0) is 66.6 Å². The summed E-state index contributed by atoms with van der Waals surface area (Å²) in [6, 6.07) is 17.7. The van der Waals surface area contributed by atoms with E-state index in [2.05, 4.69) is 4.90 Å². The minimum atomic E-state index is -4.16. The summed E-state index contributed by atoms with van der Waals surface area (Å²) in [5, 5.41) is 16.6. The Morgan fingerprint density at radius 3 is 2.43 bits per heavy atom. The summed E-state index contributed by atoms with van der Waals surface area (Å²) in [5.41, 5.74) is 6.68. The highest BCUT2D eigenvalue weighted by Crippen LogP contribution is 2.56. The molecular weight excluding hydrogens is 491 g/mol. The van der Waals surface area contributed by atoms with Gasteiger partial charge in [-0.3, -0.25) is 9.97 Å². The van der Waals surface area contributed by atoms with Crippen molar-refractivity contribution in [1.82, 2.24) is 4.90 Å². The van der Waals surface area contributed by atoms with Crippen LogP contribution in [0.15, 0.2) is 60.7 Å². The molecule has 0 saturated carbocycles. The molecule has 1 aliphatic rings. The number of likely N-dealkylation sites (tertiary alicyclic amines) is 1. The summed E-state index contributed by atoms with van der Waals surface area (Å²) < 4.78 is 30.0. The van der Waals surface area contributed by atoms with E-state index in [1.807, 2.05) is 12.1 Å². The van der Waals surface area contributed by atoms with E-state index in [9.17, 15) is 9.46 Å². The molecule has 2 unspecified atom stereocenters. The van der Waals surface area contributed by atoms with Gasteiger partial charge in [0.2, 0.25) is 5.85 Å². The first-order valence-electron chi connectivity index (χ1n) is 12.2. The molecule has 4 rings (SSSR count). The van der Waals surface area contributed by atoms with Gasteiger partial charge in [-0.25, -0.2) is 0 Å². The number of hydrogen-bond donors (Lipinski definition) is 4. The fourth-order valence-corrected chi connectivity index (χ4v) is 5.41. The molecule has 0 aliphatic carbocycles. The fraction of sp³-hybridized carbons (Fsp3) is 0.333. The molecule has 0 spiro atoms. The van der Waals surface area contributed by atoms with Crippen molar-refractivity contribution >= 4 is 30.4 Å². The van der Waals surface area contributed by atoms with Crippen LogP contribution in [-0.4, -0.2) is 54.7 Å². The van der Waals surface area contributed by atoms with Gasteiger partial charge in [0, 0.05) is 37.9 Å². The van der Waals surface area contributed by atoms with Crippen LogP contribution in [0, 0.1) is 10.8 Å². The maximum Gasteiger partial charge on any atom is 0.372 e. The van der Waals surface area contributed by atoms with Crippen LogP contribution in [0.2, 0.25) is 0 Å². The zero-order valence-electron chi connectivity index (χ0n) is 20.8. The Kier molecular flexibility index (Phi) is 8.61. The first-order valence-corrected chi connectivity index (χ1v) is 13.8. The molecule has 0 radical (unpaired) electrons. The van der Waals surface area contributed by atoms with E-state index in [0.717, 1.165) is 49.7 Å². The van der Waals surface area contributed by atoms with E-state index in [1.165, 1.54) is 13.3 Å². The van der Waals surface area contributed by atoms with Gasteiger partial charge in [-0.15, -0.1) is 0 Å². The number of nitrogens with one attached hydrogen (secondary N) is 2. The van der Waals surface area contributed by atoms with E-state index in [1.54, 1.807) is 48.5 Å². The van der Waals surface area contributed by atoms with Crippen molar-refractivity contribution in [2.45, 2.75) is 31.2 Å². The molecule has 5 N–H and O–H groups in total. The summed E-state index contributed by atoms with van der Waals surface area (Å²) in [4.78, 5) is 12.9. The molecule has 37 heavy (non-hydrogen) atoms. The Bertz CT molecular complexity index is 1290.